The van der Waals surface area contributed by atoms with Crippen LogP contribution < -0.4 is 14.2 Å². The van der Waals surface area contributed by atoms with Crippen molar-refractivity contribution in [2.45, 2.75) is 13.5 Å². The number of sulfonamides is 1. The number of ether oxygens (including phenoxy) is 2. The molecule has 9 heteroatoms. The normalized spacial score (nSPS) is 11.1. The van der Waals surface area contributed by atoms with E-state index in [0.29, 0.717) is 23.4 Å². The standard InChI is InChI=1S/C17H17F2NO5S/c1-10-4-5-11(6-15(10)24-2)9-25-16-8-13(18)12(7-14(16)19)17(21)20-26(3,22)23/h4-8H,9H2,1-3H3,(H,20,21). The van der Waals surface area contributed by atoms with Crippen molar-refractivity contribution in [2.75, 3.05) is 13.4 Å². The van der Waals surface area contributed by atoms with E-state index in [1.54, 1.807) is 22.9 Å². The molecule has 0 bridgehead atoms. The third-order valence-corrected chi connectivity index (χ3v) is 3.97. The number of carbonyl (C=O) groups is 1. The largest absolute Gasteiger partial charge is 0.496 e. The number of hydrogen-bond acceptors (Lipinski definition) is 5. The highest BCUT2D eigenvalue weighted by atomic mass is 32.2. The highest BCUT2D eigenvalue weighted by Crippen LogP contribution is 2.24. The summed E-state index contributed by atoms with van der Waals surface area (Å²) in [5.74, 6) is -3.14. The van der Waals surface area contributed by atoms with Crippen LogP contribution in [-0.4, -0.2) is 27.7 Å². The zero-order valence-corrected chi connectivity index (χ0v) is 15.1. The molecule has 0 atom stereocenters. The van der Waals surface area contributed by atoms with E-state index in [4.69, 9.17) is 9.47 Å². The van der Waals surface area contributed by atoms with Crippen LogP contribution in [0.15, 0.2) is 30.3 Å². The lowest BCUT2D eigenvalue weighted by atomic mass is 10.1. The first kappa shape index (κ1) is 19.6. The number of nitrogens with one attached hydrogen (secondary N) is 1. The fraction of sp³-hybridized carbons (Fsp3) is 0.235. The van der Waals surface area contributed by atoms with Crippen LogP contribution in [0.25, 0.3) is 0 Å². The molecule has 0 saturated heterocycles. The molecule has 26 heavy (non-hydrogen) atoms. The summed E-state index contributed by atoms with van der Waals surface area (Å²) in [5, 5.41) is 0. The van der Waals surface area contributed by atoms with Gasteiger partial charge < -0.3 is 9.47 Å². The number of aryl methyl sites for hydroxylation is 1. The number of methoxy groups -OCH3 is 1. The number of hydrogen-bond donors (Lipinski definition) is 1. The Hall–Kier alpha value is -2.68. The monoisotopic (exact) mass is 385 g/mol. The maximum atomic E-state index is 14.1. The second-order valence-corrected chi connectivity index (χ2v) is 7.31. The quantitative estimate of drug-likeness (QED) is 0.827. The van der Waals surface area contributed by atoms with Gasteiger partial charge in [0.1, 0.15) is 18.2 Å². The maximum Gasteiger partial charge on any atom is 0.267 e. The minimum absolute atomic E-state index is 0.0537. The number of halogens is 2. The minimum Gasteiger partial charge on any atom is -0.496 e. The van der Waals surface area contributed by atoms with Gasteiger partial charge in [-0.05, 0) is 30.2 Å². The molecule has 0 radical (unpaired) electrons. The van der Waals surface area contributed by atoms with Crippen LogP contribution in [0.3, 0.4) is 0 Å². The number of amides is 1. The lowest BCUT2D eigenvalue weighted by Crippen LogP contribution is -2.30. The van der Waals surface area contributed by atoms with Gasteiger partial charge in [0.25, 0.3) is 5.91 Å². The third kappa shape index (κ3) is 4.92. The molecule has 1 N–H and O–H groups in total. The van der Waals surface area contributed by atoms with Gasteiger partial charge in [0.2, 0.25) is 10.0 Å². The minimum atomic E-state index is -3.90. The third-order valence-electron chi connectivity index (χ3n) is 3.41. The number of rotatable bonds is 6. The summed E-state index contributed by atoms with van der Waals surface area (Å²) in [7, 11) is -2.38. The van der Waals surface area contributed by atoms with Crippen LogP contribution in [0, 0.1) is 18.6 Å². The van der Waals surface area contributed by atoms with Crippen LogP contribution >= 0.6 is 0 Å². The van der Waals surface area contributed by atoms with Gasteiger partial charge in [0.15, 0.2) is 11.6 Å². The SMILES string of the molecule is COc1cc(COc2cc(F)c(C(=O)NS(C)(=O)=O)cc2F)ccc1C. The molecule has 0 aliphatic heterocycles. The van der Waals surface area contributed by atoms with E-state index in [-0.39, 0.29) is 6.61 Å². The first-order chi connectivity index (χ1) is 12.1. The Morgan fingerprint density at radius 3 is 2.42 bits per heavy atom. The highest BCUT2D eigenvalue weighted by Gasteiger charge is 2.19. The summed E-state index contributed by atoms with van der Waals surface area (Å²) < 4.78 is 62.2. The summed E-state index contributed by atoms with van der Waals surface area (Å²) >= 11 is 0. The van der Waals surface area contributed by atoms with E-state index in [1.807, 2.05) is 6.92 Å². The molecule has 0 aromatic heterocycles. The summed E-state index contributed by atoms with van der Waals surface area (Å²) in [5.41, 5.74) is 0.846. The first-order valence-electron chi connectivity index (χ1n) is 7.38. The molecule has 0 aliphatic rings. The molecule has 6 nitrogen and oxygen atoms in total. The average molecular weight is 385 g/mol. The Balaban J connectivity index is 2.19. The Bertz CT molecular complexity index is 944. The van der Waals surface area contributed by atoms with Crippen LogP contribution in [0.5, 0.6) is 11.5 Å². The molecule has 1 amide bonds. The fourth-order valence-corrected chi connectivity index (χ4v) is 2.60. The molecule has 2 aromatic carbocycles. The lowest BCUT2D eigenvalue weighted by molar-refractivity contribution is 0.0977. The predicted molar refractivity (Wildman–Crippen MR) is 90.7 cm³/mol. The van der Waals surface area contributed by atoms with Gasteiger partial charge in [0, 0.05) is 6.07 Å². The van der Waals surface area contributed by atoms with Crippen molar-refractivity contribution in [1.29, 1.82) is 0 Å². The van der Waals surface area contributed by atoms with Crippen LogP contribution in [-0.2, 0) is 16.6 Å². The second-order valence-electron chi connectivity index (χ2n) is 5.56. The first-order valence-corrected chi connectivity index (χ1v) is 9.27. The van der Waals surface area contributed by atoms with Crippen molar-refractivity contribution in [1.82, 2.24) is 4.72 Å². The zero-order valence-electron chi connectivity index (χ0n) is 14.3. The number of carbonyl (C=O) groups excluding carboxylic acids is 1. The number of benzene rings is 2. The van der Waals surface area contributed by atoms with E-state index in [2.05, 4.69) is 0 Å². The van der Waals surface area contributed by atoms with Crippen molar-refractivity contribution in [3.05, 3.63) is 58.7 Å². The van der Waals surface area contributed by atoms with E-state index >= 15 is 0 Å². The Morgan fingerprint density at radius 2 is 1.81 bits per heavy atom. The molecule has 2 rings (SSSR count). The molecular formula is C17H17F2NO5S. The molecular weight excluding hydrogens is 368 g/mol. The topological polar surface area (TPSA) is 81.7 Å². The van der Waals surface area contributed by atoms with E-state index in [1.165, 1.54) is 7.11 Å². The summed E-state index contributed by atoms with van der Waals surface area (Å²) in [4.78, 5) is 11.7. The van der Waals surface area contributed by atoms with Gasteiger partial charge in [-0.25, -0.2) is 21.9 Å². The van der Waals surface area contributed by atoms with Crippen molar-refractivity contribution in [2.24, 2.45) is 0 Å². The van der Waals surface area contributed by atoms with Crippen LogP contribution in [0.1, 0.15) is 21.5 Å². The molecule has 0 spiro atoms. The lowest BCUT2D eigenvalue weighted by Gasteiger charge is -2.11. The van der Waals surface area contributed by atoms with Crippen molar-refractivity contribution >= 4 is 15.9 Å². The molecule has 0 heterocycles. The van der Waals surface area contributed by atoms with Gasteiger partial charge >= 0.3 is 0 Å². The summed E-state index contributed by atoms with van der Waals surface area (Å²) in [6.07, 6.45) is 0.729. The summed E-state index contributed by atoms with van der Waals surface area (Å²) in [6, 6.07) is 6.53. The van der Waals surface area contributed by atoms with Gasteiger partial charge in [-0.3, -0.25) is 4.79 Å². The van der Waals surface area contributed by atoms with Gasteiger partial charge in [-0.1, -0.05) is 12.1 Å². The highest BCUT2D eigenvalue weighted by molar-refractivity contribution is 7.89. The molecule has 0 unspecified atom stereocenters. The maximum absolute atomic E-state index is 14.1. The summed E-state index contributed by atoms with van der Waals surface area (Å²) in [6.45, 7) is 1.81. The second kappa shape index (κ2) is 7.69. The Morgan fingerprint density at radius 1 is 1.12 bits per heavy atom. The predicted octanol–water partition coefficient (Wildman–Crippen LogP) is 2.55. The molecule has 0 aliphatic carbocycles. The van der Waals surface area contributed by atoms with Gasteiger partial charge in [-0.15, -0.1) is 0 Å². The van der Waals surface area contributed by atoms with Crippen molar-refractivity contribution in [3.63, 3.8) is 0 Å². The van der Waals surface area contributed by atoms with E-state index in [0.717, 1.165) is 11.8 Å². The molecule has 0 fully saturated rings. The average Bonchev–Trinajstić information content (AvgIpc) is 2.54. The van der Waals surface area contributed by atoms with Crippen LogP contribution in [0.2, 0.25) is 0 Å². The van der Waals surface area contributed by atoms with E-state index in [9.17, 15) is 22.0 Å². The Labute approximate surface area is 149 Å². The fourth-order valence-electron chi connectivity index (χ4n) is 2.15. The van der Waals surface area contributed by atoms with Crippen molar-refractivity contribution in [3.8, 4) is 11.5 Å². The molecule has 140 valence electrons. The van der Waals surface area contributed by atoms with Crippen molar-refractivity contribution < 1.29 is 31.5 Å². The van der Waals surface area contributed by atoms with Crippen LogP contribution in [0.4, 0.5) is 8.78 Å². The van der Waals surface area contributed by atoms with E-state index < -0.39 is 38.9 Å². The Kier molecular flexibility index (Phi) is 5.81. The van der Waals surface area contributed by atoms with Gasteiger partial charge in [-0.2, -0.15) is 0 Å². The van der Waals surface area contributed by atoms with Gasteiger partial charge in [0.05, 0.1) is 18.9 Å². The zero-order chi connectivity index (χ0) is 19.5. The smallest absolute Gasteiger partial charge is 0.267 e. The molecule has 0 saturated carbocycles. The molecule has 2 aromatic rings.